The molecule has 0 amide bonds. The summed E-state index contributed by atoms with van der Waals surface area (Å²) in [6.45, 7) is 2.05. The van der Waals surface area contributed by atoms with Crippen LogP contribution in [0.1, 0.15) is 5.56 Å². The smallest absolute Gasteiger partial charge is 0.128 e. The zero-order chi connectivity index (χ0) is 14.8. The van der Waals surface area contributed by atoms with Crippen molar-refractivity contribution in [1.29, 1.82) is 0 Å². The van der Waals surface area contributed by atoms with Crippen LogP contribution in [-0.4, -0.2) is 12.1 Å². The third-order valence-corrected chi connectivity index (χ3v) is 4.19. The largest absolute Gasteiger partial charge is 0.496 e. The minimum absolute atomic E-state index is 0.295. The van der Waals surface area contributed by atoms with Crippen molar-refractivity contribution < 1.29 is 9.13 Å². The van der Waals surface area contributed by atoms with Crippen LogP contribution in [0.4, 0.5) is 4.39 Å². The minimum atomic E-state index is -0.295. The van der Waals surface area contributed by atoms with Crippen LogP contribution in [0.2, 0.25) is 0 Å². The van der Waals surface area contributed by atoms with Gasteiger partial charge in [-0.1, -0.05) is 24.3 Å². The van der Waals surface area contributed by atoms with E-state index in [2.05, 4.69) is 18.0 Å². The number of aryl methyl sites for hydroxylation is 1. The van der Waals surface area contributed by atoms with Crippen LogP contribution in [0.15, 0.2) is 47.8 Å². The summed E-state index contributed by atoms with van der Waals surface area (Å²) < 4.78 is 18.8. The first kappa shape index (κ1) is 13.8. The van der Waals surface area contributed by atoms with Crippen molar-refractivity contribution in [3.63, 3.8) is 0 Å². The molecule has 106 valence electrons. The molecule has 21 heavy (non-hydrogen) atoms. The lowest BCUT2D eigenvalue weighted by molar-refractivity contribution is 0.415. The van der Waals surface area contributed by atoms with E-state index in [1.165, 1.54) is 17.7 Å². The van der Waals surface area contributed by atoms with Gasteiger partial charge in [-0.2, -0.15) is 0 Å². The highest BCUT2D eigenvalue weighted by atomic mass is 32.1. The summed E-state index contributed by atoms with van der Waals surface area (Å²) in [5.74, 6) is 0.328. The molecule has 0 saturated heterocycles. The summed E-state index contributed by atoms with van der Waals surface area (Å²) in [5.41, 5.74) is 3.68. The molecule has 0 fully saturated rings. The van der Waals surface area contributed by atoms with Gasteiger partial charge in [-0.05, 0) is 30.7 Å². The van der Waals surface area contributed by atoms with Crippen LogP contribution in [-0.2, 0) is 0 Å². The monoisotopic (exact) mass is 299 g/mol. The second-order valence-electron chi connectivity index (χ2n) is 4.70. The van der Waals surface area contributed by atoms with E-state index in [1.54, 1.807) is 24.5 Å². The normalized spacial score (nSPS) is 10.6. The molecule has 0 aliphatic carbocycles. The molecule has 0 N–H and O–H groups in total. The minimum Gasteiger partial charge on any atom is -0.496 e. The highest BCUT2D eigenvalue weighted by molar-refractivity contribution is 7.13. The van der Waals surface area contributed by atoms with Crippen molar-refractivity contribution in [3.05, 3.63) is 59.2 Å². The highest BCUT2D eigenvalue weighted by Gasteiger charge is 2.13. The Bertz CT molecular complexity index is 782. The van der Waals surface area contributed by atoms with Gasteiger partial charge in [0.15, 0.2) is 0 Å². The summed E-state index contributed by atoms with van der Waals surface area (Å²) in [4.78, 5) is 4.63. The van der Waals surface area contributed by atoms with Crippen molar-refractivity contribution in [2.75, 3.05) is 7.11 Å². The molecule has 0 bridgehead atoms. The number of benzene rings is 2. The van der Waals surface area contributed by atoms with Gasteiger partial charge in [0.2, 0.25) is 0 Å². The fraction of sp³-hybridized carbons (Fsp3) is 0.118. The average molecular weight is 299 g/mol. The van der Waals surface area contributed by atoms with E-state index in [-0.39, 0.29) is 5.82 Å². The van der Waals surface area contributed by atoms with E-state index in [4.69, 9.17) is 4.74 Å². The molecule has 0 radical (unpaired) electrons. The fourth-order valence-electron chi connectivity index (χ4n) is 2.21. The molecule has 3 aromatic rings. The zero-order valence-electron chi connectivity index (χ0n) is 11.8. The zero-order valence-corrected chi connectivity index (χ0v) is 12.6. The van der Waals surface area contributed by atoms with Crippen molar-refractivity contribution in [1.82, 2.24) is 4.98 Å². The van der Waals surface area contributed by atoms with Crippen molar-refractivity contribution in [3.8, 4) is 27.6 Å². The molecule has 1 heterocycles. The highest BCUT2D eigenvalue weighted by Crippen LogP contribution is 2.35. The van der Waals surface area contributed by atoms with Gasteiger partial charge in [-0.25, -0.2) is 9.37 Å². The third-order valence-electron chi connectivity index (χ3n) is 3.32. The Labute approximate surface area is 126 Å². The summed E-state index contributed by atoms with van der Waals surface area (Å²) >= 11 is 1.55. The van der Waals surface area contributed by atoms with Gasteiger partial charge >= 0.3 is 0 Å². The van der Waals surface area contributed by atoms with Crippen LogP contribution in [0.3, 0.4) is 0 Å². The number of hydrogen-bond donors (Lipinski definition) is 0. The molecular weight excluding hydrogens is 285 g/mol. The number of hydrogen-bond acceptors (Lipinski definition) is 3. The van der Waals surface area contributed by atoms with Crippen molar-refractivity contribution >= 4 is 11.3 Å². The number of nitrogens with zero attached hydrogens (tertiary/aromatic N) is 1. The van der Waals surface area contributed by atoms with Crippen LogP contribution in [0, 0.1) is 12.7 Å². The predicted molar refractivity (Wildman–Crippen MR) is 84.2 cm³/mol. The Morgan fingerprint density at radius 3 is 2.67 bits per heavy atom. The Morgan fingerprint density at radius 2 is 1.90 bits per heavy atom. The molecular formula is C17H14FNOS. The molecule has 0 aliphatic rings. The summed E-state index contributed by atoms with van der Waals surface area (Å²) in [6, 6.07) is 12.6. The van der Waals surface area contributed by atoms with Crippen LogP contribution in [0.25, 0.3) is 21.8 Å². The SMILES string of the molecule is COc1ccc(F)cc1-c1csc(-c2ccccc2C)n1. The third kappa shape index (κ3) is 2.67. The van der Waals surface area contributed by atoms with Gasteiger partial charge in [0.1, 0.15) is 16.6 Å². The Morgan fingerprint density at radius 1 is 1.10 bits per heavy atom. The molecule has 0 spiro atoms. The van der Waals surface area contributed by atoms with E-state index >= 15 is 0 Å². The van der Waals surface area contributed by atoms with E-state index in [0.29, 0.717) is 11.3 Å². The second kappa shape index (κ2) is 5.66. The van der Waals surface area contributed by atoms with E-state index in [9.17, 15) is 4.39 Å². The van der Waals surface area contributed by atoms with Gasteiger partial charge in [0.25, 0.3) is 0 Å². The molecule has 3 rings (SSSR count). The molecule has 0 atom stereocenters. The van der Waals surface area contributed by atoms with Gasteiger partial charge < -0.3 is 4.74 Å². The summed E-state index contributed by atoms with van der Waals surface area (Å²) in [6.07, 6.45) is 0. The Balaban J connectivity index is 2.07. The molecule has 0 unspecified atom stereocenters. The first-order valence-electron chi connectivity index (χ1n) is 6.54. The topological polar surface area (TPSA) is 22.1 Å². The molecule has 0 saturated carbocycles. The number of methoxy groups -OCH3 is 1. The van der Waals surface area contributed by atoms with Crippen LogP contribution < -0.4 is 4.74 Å². The first-order chi connectivity index (χ1) is 10.2. The summed E-state index contributed by atoms with van der Waals surface area (Å²) in [5, 5.41) is 2.86. The van der Waals surface area contributed by atoms with E-state index in [1.807, 2.05) is 23.6 Å². The maximum absolute atomic E-state index is 13.5. The maximum Gasteiger partial charge on any atom is 0.128 e. The fourth-order valence-corrected chi connectivity index (χ4v) is 3.12. The number of rotatable bonds is 3. The summed E-state index contributed by atoms with van der Waals surface area (Å²) in [7, 11) is 1.57. The van der Waals surface area contributed by atoms with Crippen molar-refractivity contribution in [2.45, 2.75) is 6.92 Å². The van der Waals surface area contributed by atoms with Gasteiger partial charge in [-0.15, -0.1) is 11.3 Å². The van der Waals surface area contributed by atoms with E-state index in [0.717, 1.165) is 16.3 Å². The van der Waals surface area contributed by atoms with E-state index < -0.39 is 0 Å². The lowest BCUT2D eigenvalue weighted by Crippen LogP contribution is -1.89. The predicted octanol–water partition coefficient (Wildman–Crippen LogP) is 4.93. The molecule has 4 heteroatoms. The average Bonchev–Trinajstić information content (AvgIpc) is 2.97. The first-order valence-corrected chi connectivity index (χ1v) is 7.42. The van der Waals surface area contributed by atoms with Gasteiger partial charge in [0, 0.05) is 16.5 Å². The van der Waals surface area contributed by atoms with Gasteiger partial charge in [0.05, 0.1) is 12.8 Å². The van der Waals surface area contributed by atoms with Crippen LogP contribution >= 0.6 is 11.3 Å². The number of thiazole rings is 1. The number of ether oxygens (including phenoxy) is 1. The molecule has 2 aromatic carbocycles. The number of aromatic nitrogens is 1. The second-order valence-corrected chi connectivity index (χ2v) is 5.56. The molecule has 0 aliphatic heterocycles. The Kier molecular flexibility index (Phi) is 3.71. The maximum atomic E-state index is 13.5. The molecule has 1 aromatic heterocycles. The lowest BCUT2D eigenvalue weighted by atomic mass is 10.1. The quantitative estimate of drug-likeness (QED) is 0.684. The molecule has 2 nitrogen and oxygen atoms in total. The van der Waals surface area contributed by atoms with Crippen molar-refractivity contribution in [2.24, 2.45) is 0 Å². The number of halogens is 1. The lowest BCUT2D eigenvalue weighted by Gasteiger charge is -2.06. The van der Waals surface area contributed by atoms with Gasteiger partial charge in [-0.3, -0.25) is 0 Å². The van der Waals surface area contributed by atoms with Crippen LogP contribution in [0.5, 0.6) is 5.75 Å². The Hall–Kier alpha value is -2.20. The standard InChI is InChI=1S/C17H14FNOS/c1-11-5-3-4-6-13(11)17-19-15(10-21-17)14-9-12(18)7-8-16(14)20-2/h3-10H,1-2H3.